The van der Waals surface area contributed by atoms with E-state index in [1.54, 1.807) is 31.4 Å². The zero-order valence-electron chi connectivity index (χ0n) is 7.54. The van der Waals surface area contributed by atoms with Gasteiger partial charge < -0.3 is 0 Å². The van der Waals surface area contributed by atoms with Crippen molar-refractivity contribution < 1.29 is 4.39 Å². The van der Waals surface area contributed by atoms with Crippen molar-refractivity contribution in [3.63, 3.8) is 0 Å². The summed E-state index contributed by atoms with van der Waals surface area (Å²) in [5.74, 6) is -0.289. The van der Waals surface area contributed by atoms with E-state index in [0.29, 0.717) is 16.3 Å². The molecule has 0 fully saturated rings. The van der Waals surface area contributed by atoms with E-state index in [9.17, 15) is 4.39 Å². The Morgan fingerprint density at radius 3 is 2.57 bits per heavy atom. The molecule has 0 radical (unpaired) electrons. The lowest BCUT2D eigenvalue weighted by atomic mass is 10.1. The predicted octanol–water partition coefficient (Wildman–Crippen LogP) is 2.88. The average Bonchev–Trinajstić information content (AvgIpc) is 2.49. The molecular weight excluding hydrogens is 203 g/mol. The minimum atomic E-state index is -0.289. The maximum atomic E-state index is 13.4. The van der Waals surface area contributed by atoms with E-state index in [1.165, 1.54) is 10.7 Å². The Hall–Kier alpha value is -1.35. The number of halogens is 2. The summed E-state index contributed by atoms with van der Waals surface area (Å²) < 4.78 is 14.9. The van der Waals surface area contributed by atoms with Gasteiger partial charge >= 0.3 is 0 Å². The Morgan fingerprint density at radius 1 is 1.29 bits per heavy atom. The summed E-state index contributed by atoms with van der Waals surface area (Å²) in [5.41, 5.74) is 1.10. The van der Waals surface area contributed by atoms with Gasteiger partial charge in [-0.3, -0.25) is 4.68 Å². The van der Waals surface area contributed by atoms with Crippen molar-refractivity contribution in [2.45, 2.75) is 0 Å². The molecule has 0 unspecified atom stereocenters. The number of aromatic nitrogens is 2. The Morgan fingerprint density at radius 2 is 2.00 bits per heavy atom. The van der Waals surface area contributed by atoms with Crippen LogP contribution in [0.4, 0.5) is 4.39 Å². The molecule has 1 heterocycles. The van der Waals surface area contributed by atoms with Gasteiger partial charge in [0.05, 0.1) is 6.20 Å². The quantitative estimate of drug-likeness (QED) is 0.708. The summed E-state index contributed by atoms with van der Waals surface area (Å²) in [6, 6.07) is 6.49. The van der Waals surface area contributed by atoms with Crippen LogP contribution in [0.25, 0.3) is 11.1 Å². The zero-order valence-corrected chi connectivity index (χ0v) is 8.29. The number of hydrogen-bond donors (Lipinski definition) is 0. The van der Waals surface area contributed by atoms with Crippen molar-refractivity contribution in [1.82, 2.24) is 9.78 Å². The lowest BCUT2D eigenvalue weighted by Crippen LogP contribution is -1.89. The molecule has 0 bridgehead atoms. The molecule has 0 saturated carbocycles. The fourth-order valence-corrected chi connectivity index (χ4v) is 1.48. The highest BCUT2D eigenvalue weighted by Gasteiger charge is 2.11. The zero-order chi connectivity index (χ0) is 10.1. The largest absolute Gasteiger partial charge is 0.256 e. The third-order valence-electron chi connectivity index (χ3n) is 2.03. The summed E-state index contributed by atoms with van der Waals surface area (Å²) in [6.45, 7) is 0. The van der Waals surface area contributed by atoms with Gasteiger partial charge in [0.1, 0.15) is 11.0 Å². The highest BCUT2D eigenvalue weighted by atomic mass is 35.5. The molecule has 72 valence electrons. The molecule has 0 spiro atoms. The fraction of sp³-hybridized carbons (Fsp3) is 0.100. The van der Waals surface area contributed by atoms with Gasteiger partial charge in [-0.25, -0.2) is 4.39 Å². The van der Waals surface area contributed by atoms with Crippen LogP contribution in [0.2, 0.25) is 5.15 Å². The summed E-state index contributed by atoms with van der Waals surface area (Å²) >= 11 is 5.95. The molecular formula is C10H8ClFN2. The molecule has 1 aromatic heterocycles. The van der Waals surface area contributed by atoms with Gasteiger partial charge in [-0.05, 0) is 6.07 Å². The molecule has 0 atom stereocenters. The molecule has 0 N–H and O–H groups in total. The van der Waals surface area contributed by atoms with Crippen LogP contribution in [0.3, 0.4) is 0 Å². The van der Waals surface area contributed by atoms with E-state index >= 15 is 0 Å². The van der Waals surface area contributed by atoms with E-state index in [0.717, 1.165) is 0 Å². The summed E-state index contributed by atoms with van der Waals surface area (Å²) in [7, 11) is 1.71. The van der Waals surface area contributed by atoms with Gasteiger partial charge in [0.25, 0.3) is 0 Å². The highest BCUT2D eigenvalue weighted by molar-refractivity contribution is 6.32. The van der Waals surface area contributed by atoms with E-state index in [4.69, 9.17) is 11.6 Å². The molecule has 2 aromatic rings. The van der Waals surface area contributed by atoms with Crippen molar-refractivity contribution in [3.8, 4) is 11.1 Å². The van der Waals surface area contributed by atoms with Gasteiger partial charge in [-0.2, -0.15) is 5.10 Å². The molecule has 0 saturated heterocycles. The van der Waals surface area contributed by atoms with E-state index < -0.39 is 0 Å². The molecule has 1 aromatic carbocycles. The molecule has 14 heavy (non-hydrogen) atoms. The summed E-state index contributed by atoms with van der Waals surface area (Å²) in [5, 5.41) is 4.39. The SMILES string of the molecule is Cn1ncc(-c2ccccc2F)c1Cl. The average molecular weight is 211 g/mol. The van der Waals surface area contributed by atoms with Gasteiger partial charge in [-0.15, -0.1) is 0 Å². The lowest BCUT2D eigenvalue weighted by Gasteiger charge is -2.00. The lowest BCUT2D eigenvalue weighted by molar-refractivity contribution is 0.631. The Balaban J connectivity index is 2.60. The molecule has 0 amide bonds. The highest BCUT2D eigenvalue weighted by Crippen LogP contribution is 2.28. The number of hydrogen-bond acceptors (Lipinski definition) is 1. The third-order valence-corrected chi connectivity index (χ3v) is 2.48. The fourth-order valence-electron chi connectivity index (χ4n) is 1.28. The second kappa shape index (κ2) is 3.42. The van der Waals surface area contributed by atoms with Crippen LogP contribution in [0.15, 0.2) is 30.5 Å². The second-order valence-corrected chi connectivity index (χ2v) is 3.31. The molecule has 0 aliphatic rings. The van der Waals surface area contributed by atoms with Crippen LogP contribution in [-0.4, -0.2) is 9.78 Å². The topological polar surface area (TPSA) is 17.8 Å². The standard InChI is InChI=1S/C10H8ClFN2/c1-14-10(11)8(6-13-14)7-4-2-3-5-9(7)12/h2-6H,1H3. The normalized spacial score (nSPS) is 10.5. The van der Waals surface area contributed by atoms with E-state index in [-0.39, 0.29) is 5.82 Å². The molecule has 2 nitrogen and oxygen atoms in total. The first kappa shape index (κ1) is 9.21. The summed E-state index contributed by atoms with van der Waals surface area (Å²) in [6.07, 6.45) is 1.56. The van der Waals surface area contributed by atoms with Crippen LogP contribution in [0, 0.1) is 5.82 Å². The van der Waals surface area contributed by atoms with Crippen LogP contribution in [0.1, 0.15) is 0 Å². The van der Waals surface area contributed by atoms with Crippen molar-refractivity contribution in [2.75, 3.05) is 0 Å². The number of rotatable bonds is 1. The number of benzene rings is 1. The Labute approximate surface area is 85.9 Å². The van der Waals surface area contributed by atoms with Crippen molar-refractivity contribution in [2.24, 2.45) is 7.05 Å². The third kappa shape index (κ3) is 1.40. The molecule has 0 aliphatic carbocycles. The monoisotopic (exact) mass is 210 g/mol. The summed E-state index contributed by atoms with van der Waals surface area (Å²) in [4.78, 5) is 0. The van der Waals surface area contributed by atoms with Gasteiger partial charge in [0.15, 0.2) is 0 Å². The first-order chi connectivity index (χ1) is 6.70. The predicted molar refractivity (Wildman–Crippen MR) is 53.6 cm³/mol. The van der Waals surface area contributed by atoms with Crippen molar-refractivity contribution in [3.05, 3.63) is 41.4 Å². The Kier molecular flexibility index (Phi) is 2.25. The van der Waals surface area contributed by atoms with Gasteiger partial charge in [0.2, 0.25) is 0 Å². The number of nitrogens with zero attached hydrogens (tertiary/aromatic N) is 2. The van der Waals surface area contributed by atoms with Crippen LogP contribution >= 0.6 is 11.6 Å². The van der Waals surface area contributed by atoms with E-state index in [1.807, 2.05) is 0 Å². The first-order valence-corrected chi connectivity index (χ1v) is 4.50. The second-order valence-electron chi connectivity index (χ2n) is 2.95. The molecule has 2 rings (SSSR count). The van der Waals surface area contributed by atoms with Crippen molar-refractivity contribution in [1.29, 1.82) is 0 Å². The van der Waals surface area contributed by atoms with Crippen LogP contribution < -0.4 is 0 Å². The maximum absolute atomic E-state index is 13.4. The Bertz CT molecular complexity index is 465. The molecule has 4 heteroatoms. The van der Waals surface area contributed by atoms with Gasteiger partial charge in [-0.1, -0.05) is 29.8 Å². The van der Waals surface area contributed by atoms with Gasteiger partial charge in [0, 0.05) is 18.2 Å². The van der Waals surface area contributed by atoms with E-state index in [2.05, 4.69) is 5.10 Å². The minimum Gasteiger partial charge on any atom is -0.256 e. The smallest absolute Gasteiger partial charge is 0.134 e. The first-order valence-electron chi connectivity index (χ1n) is 4.12. The van der Waals surface area contributed by atoms with Crippen molar-refractivity contribution >= 4 is 11.6 Å². The molecule has 0 aliphatic heterocycles. The van der Waals surface area contributed by atoms with Crippen LogP contribution in [-0.2, 0) is 7.05 Å². The maximum Gasteiger partial charge on any atom is 0.134 e. The van der Waals surface area contributed by atoms with Crippen LogP contribution in [0.5, 0.6) is 0 Å². The minimum absolute atomic E-state index is 0.289. The number of aryl methyl sites for hydroxylation is 1.